The summed E-state index contributed by atoms with van der Waals surface area (Å²) in [6.45, 7) is 0.788. The number of Topliss-reactive ketones (excluding diaryl/α,β-unsaturated/α-hetero) is 1. The first-order valence-electron chi connectivity index (χ1n) is 11.6. The molecule has 6 rings (SSSR count). The molecule has 1 N–H and O–H groups in total. The number of nitrogens with zero attached hydrogens (tertiary/aromatic N) is 1. The highest BCUT2D eigenvalue weighted by Crippen LogP contribution is 2.61. The van der Waals surface area contributed by atoms with Gasteiger partial charge in [-0.2, -0.15) is 0 Å². The van der Waals surface area contributed by atoms with Crippen LogP contribution in [0.5, 0.6) is 5.75 Å². The van der Waals surface area contributed by atoms with E-state index < -0.39 is 11.5 Å². The molecule has 2 saturated heterocycles. The number of hydrogen-bond acceptors (Lipinski definition) is 4. The number of ether oxygens (including phenoxy) is 1. The second kappa shape index (κ2) is 7.56. The Balaban J connectivity index is 1.63. The molecule has 166 valence electrons. The maximum Gasteiger partial charge on any atom is 0.250 e. The Kier molecular flexibility index (Phi) is 4.63. The van der Waals surface area contributed by atoms with E-state index in [9.17, 15) is 9.59 Å². The van der Waals surface area contributed by atoms with Crippen molar-refractivity contribution in [3.8, 4) is 5.75 Å². The summed E-state index contributed by atoms with van der Waals surface area (Å²) in [7, 11) is 1.63. The SMILES string of the molecule is COc1ccc2c(c1)[C@]1(C(=O)N2)C(C(=O)c2ccccc2)[C@@H](c2ccccc2)C2CCCN21. The molecule has 33 heavy (non-hydrogen) atoms. The van der Waals surface area contributed by atoms with Crippen LogP contribution in [0.2, 0.25) is 0 Å². The molecule has 3 aromatic carbocycles. The number of nitrogens with one attached hydrogen (secondary N) is 1. The van der Waals surface area contributed by atoms with E-state index in [1.807, 2.05) is 66.7 Å². The Bertz CT molecular complexity index is 1230. The van der Waals surface area contributed by atoms with Crippen LogP contribution in [0.1, 0.15) is 40.2 Å². The molecule has 0 aromatic heterocycles. The standard InChI is InChI=1S/C28H26N2O3/c1-33-20-14-15-22-21(17-20)28(27(32)29-22)25(26(31)19-11-6-3-7-12-19)24(18-9-4-2-5-10-18)23-13-8-16-30(23)28/h2-7,9-12,14-15,17,23-25H,8,13,16H2,1H3,(H,29,32)/t23?,24-,25?,28+/m0/s1. The highest BCUT2D eigenvalue weighted by atomic mass is 16.5. The van der Waals surface area contributed by atoms with Crippen LogP contribution in [-0.2, 0) is 10.3 Å². The monoisotopic (exact) mass is 438 g/mol. The zero-order valence-corrected chi connectivity index (χ0v) is 18.5. The van der Waals surface area contributed by atoms with Crippen LogP contribution in [0.25, 0.3) is 0 Å². The number of ketones is 1. The zero-order chi connectivity index (χ0) is 22.6. The molecule has 2 unspecified atom stereocenters. The highest BCUT2D eigenvalue weighted by Gasteiger charge is 2.69. The Morgan fingerprint density at radius 2 is 1.76 bits per heavy atom. The van der Waals surface area contributed by atoms with Gasteiger partial charge in [0.05, 0.1) is 13.0 Å². The van der Waals surface area contributed by atoms with Crippen LogP contribution in [0.15, 0.2) is 78.9 Å². The maximum atomic E-state index is 14.3. The van der Waals surface area contributed by atoms with E-state index in [2.05, 4.69) is 22.3 Å². The van der Waals surface area contributed by atoms with Crippen molar-refractivity contribution in [3.05, 3.63) is 95.6 Å². The van der Waals surface area contributed by atoms with Crippen LogP contribution in [0.4, 0.5) is 5.69 Å². The average Bonchev–Trinajstić information content (AvgIpc) is 3.52. The number of anilines is 1. The smallest absolute Gasteiger partial charge is 0.250 e. The Labute approximate surface area is 193 Å². The maximum absolute atomic E-state index is 14.3. The van der Waals surface area contributed by atoms with Crippen molar-refractivity contribution >= 4 is 17.4 Å². The molecule has 4 atom stereocenters. The van der Waals surface area contributed by atoms with Crippen LogP contribution in [0, 0.1) is 5.92 Å². The largest absolute Gasteiger partial charge is 0.497 e. The summed E-state index contributed by atoms with van der Waals surface area (Å²) >= 11 is 0. The second-order valence-corrected chi connectivity index (χ2v) is 9.18. The Morgan fingerprint density at radius 3 is 2.48 bits per heavy atom. The van der Waals surface area contributed by atoms with Gasteiger partial charge in [0.15, 0.2) is 5.78 Å². The first kappa shape index (κ1) is 20.2. The van der Waals surface area contributed by atoms with Gasteiger partial charge in [-0.3, -0.25) is 14.5 Å². The molecule has 3 heterocycles. The molecule has 1 amide bonds. The zero-order valence-electron chi connectivity index (χ0n) is 18.5. The lowest BCUT2D eigenvalue weighted by Crippen LogP contribution is -2.52. The fourth-order valence-electron chi connectivity index (χ4n) is 6.50. The highest BCUT2D eigenvalue weighted by molar-refractivity contribution is 6.12. The lowest BCUT2D eigenvalue weighted by atomic mass is 9.69. The first-order chi connectivity index (χ1) is 16.2. The number of carbonyl (C=O) groups is 2. The van der Waals surface area contributed by atoms with Gasteiger partial charge in [-0.15, -0.1) is 0 Å². The van der Waals surface area contributed by atoms with Gasteiger partial charge in [-0.1, -0.05) is 60.7 Å². The van der Waals surface area contributed by atoms with Gasteiger partial charge in [-0.05, 0) is 43.1 Å². The third kappa shape index (κ3) is 2.75. The van der Waals surface area contributed by atoms with Crippen molar-refractivity contribution in [3.63, 3.8) is 0 Å². The van der Waals surface area contributed by atoms with Crippen molar-refractivity contribution in [2.75, 3.05) is 19.0 Å². The summed E-state index contributed by atoms with van der Waals surface area (Å²) in [5.74, 6) is -0.0188. The number of fused-ring (bicyclic) bond motifs is 4. The molecule has 3 aliphatic rings. The third-order valence-corrected chi connectivity index (χ3v) is 7.73. The lowest BCUT2D eigenvalue weighted by Gasteiger charge is -2.37. The molecule has 0 radical (unpaired) electrons. The number of methoxy groups -OCH3 is 1. The molecule has 0 bridgehead atoms. The van der Waals surface area contributed by atoms with Gasteiger partial charge in [0.2, 0.25) is 5.91 Å². The molecule has 0 saturated carbocycles. The van der Waals surface area contributed by atoms with Crippen molar-refractivity contribution in [1.29, 1.82) is 0 Å². The number of carbonyl (C=O) groups excluding carboxylic acids is 2. The van der Waals surface area contributed by atoms with E-state index in [0.29, 0.717) is 11.3 Å². The first-order valence-corrected chi connectivity index (χ1v) is 11.6. The van der Waals surface area contributed by atoms with Crippen molar-refractivity contribution < 1.29 is 14.3 Å². The van der Waals surface area contributed by atoms with E-state index in [1.165, 1.54) is 0 Å². The van der Waals surface area contributed by atoms with Gasteiger partial charge in [0, 0.05) is 28.8 Å². The summed E-state index contributed by atoms with van der Waals surface area (Å²) in [5.41, 5.74) is 2.33. The van der Waals surface area contributed by atoms with Crippen LogP contribution < -0.4 is 10.1 Å². The summed E-state index contributed by atoms with van der Waals surface area (Å²) in [6, 6.07) is 25.5. The number of hydrogen-bond donors (Lipinski definition) is 1. The van der Waals surface area contributed by atoms with Crippen LogP contribution in [0.3, 0.4) is 0 Å². The minimum Gasteiger partial charge on any atom is -0.497 e. The van der Waals surface area contributed by atoms with Gasteiger partial charge >= 0.3 is 0 Å². The fraction of sp³-hybridized carbons (Fsp3) is 0.286. The predicted molar refractivity (Wildman–Crippen MR) is 126 cm³/mol. The molecule has 2 fully saturated rings. The molecule has 3 aromatic rings. The van der Waals surface area contributed by atoms with E-state index >= 15 is 0 Å². The average molecular weight is 439 g/mol. The summed E-state index contributed by atoms with van der Waals surface area (Å²) in [6.07, 6.45) is 1.97. The fourth-order valence-corrected chi connectivity index (χ4v) is 6.50. The molecule has 1 spiro atoms. The van der Waals surface area contributed by atoms with E-state index in [0.717, 1.165) is 36.2 Å². The van der Waals surface area contributed by atoms with Gasteiger partial charge in [0.25, 0.3) is 0 Å². The number of benzene rings is 3. The van der Waals surface area contributed by atoms with E-state index in [1.54, 1.807) is 7.11 Å². The number of amides is 1. The van der Waals surface area contributed by atoms with Crippen LogP contribution in [-0.4, -0.2) is 36.3 Å². The number of rotatable bonds is 4. The van der Waals surface area contributed by atoms with Gasteiger partial charge in [0.1, 0.15) is 11.3 Å². The second-order valence-electron chi connectivity index (χ2n) is 9.18. The van der Waals surface area contributed by atoms with Crippen molar-refractivity contribution in [1.82, 2.24) is 4.90 Å². The Morgan fingerprint density at radius 1 is 1.03 bits per heavy atom. The minimum absolute atomic E-state index is 0.0182. The van der Waals surface area contributed by atoms with Gasteiger partial charge < -0.3 is 10.1 Å². The van der Waals surface area contributed by atoms with Gasteiger partial charge in [-0.25, -0.2) is 0 Å². The normalized spacial score (nSPS) is 27.9. The van der Waals surface area contributed by atoms with Crippen LogP contribution >= 0.6 is 0 Å². The minimum atomic E-state index is -1.06. The molecule has 5 nitrogen and oxygen atoms in total. The van der Waals surface area contributed by atoms with Crippen molar-refractivity contribution in [2.45, 2.75) is 30.3 Å². The summed E-state index contributed by atoms with van der Waals surface area (Å²) < 4.78 is 5.54. The molecule has 5 heteroatoms. The molecule has 3 aliphatic heterocycles. The van der Waals surface area contributed by atoms with Crippen molar-refractivity contribution in [2.24, 2.45) is 5.92 Å². The van der Waals surface area contributed by atoms with E-state index in [-0.39, 0.29) is 23.7 Å². The third-order valence-electron chi connectivity index (χ3n) is 7.73. The topological polar surface area (TPSA) is 58.6 Å². The lowest BCUT2D eigenvalue weighted by molar-refractivity contribution is -0.127. The van der Waals surface area contributed by atoms with E-state index in [4.69, 9.17) is 4.74 Å². The molecular formula is C28H26N2O3. The quantitative estimate of drug-likeness (QED) is 0.605. The summed E-state index contributed by atoms with van der Waals surface area (Å²) in [4.78, 5) is 30.6. The molecule has 0 aliphatic carbocycles. The molecular weight excluding hydrogens is 412 g/mol. The Hall–Kier alpha value is -3.44. The summed E-state index contributed by atoms with van der Waals surface area (Å²) in [5, 5.41) is 3.11. The predicted octanol–water partition coefficient (Wildman–Crippen LogP) is 4.60.